The van der Waals surface area contributed by atoms with Crippen LogP contribution in [0.1, 0.15) is 25.1 Å². The number of nitrogens with zero attached hydrogens (tertiary/aromatic N) is 1. The van der Waals surface area contributed by atoms with Crippen LogP contribution in [0.15, 0.2) is 12.4 Å². The van der Waals surface area contributed by atoms with Crippen LogP contribution in [-0.2, 0) is 16.1 Å². The Kier molecular flexibility index (Phi) is 3.34. The number of amides is 1. The van der Waals surface area contributed by atoms with Gasteiger partial charge in [0.25, 0.3) is 0 Å². The summed E-state index contributed by atoms with van der Waals surface area (Å²) >= 11 is 0. The molecule has 1 aromatic rings. The highest BCUT2D eigenvalue weighted by molar-refractivity contribution is 5.80. The number of hydrogen-bond acceptors (Lipinski definition) is 3. The summed E-state index contributed by atoms with van der Waals surface area (Å²) in [6, 6.07) is 0. The lowest BCUT2D eigenvalue weighted by atomic mass is 10.1. The quantitative estimate of drug-likeness (QED) is 0.765. The number of ether oxygens (including phenoxy) is 1. The summed E-state index contributed by atoms with van der Waals surface area (Å²) in [5.41, 5.74) is 0. The molecule has 5 nitrogen and oxygen atoms in total. The maximum absolute atomic E-state index is 11.6. The molecule has 1 atom stereocenters. The molecule has 2 N–H and O–H groups in total. The second-order valence-electron chi connectivity index (χ2n) is 3.61. The summed E-state index contributed by atoms with van der Waals surface area (Å²) in [5.74, 6) is 0.727. The van der Waals surface area contributed by atoms with Gasteiger partial charge in [-0.1, -0.05) is 0 Å². The molecule has 0 bridgehead atoms. The van der Waals surface area contributed by atoms with E-state index in [1.807, 2.05) is 0 Å². The van der Waals surface area contributed by atoms with Gasteiger partial charge >= 0.3 is 0 Å². The molecule has 1 aliphatic heterocycles. The summed E-state index contributed by atoms with van der Waals surface area (Å²) in [7, 11) is 0. The van der Waals surface area contributed by atoms with Crippen LogP contribution in [0.2, 0.25) is 0 Å². The maximum atomic E-state index is 11.6. The molecule has 1 amide bonds. The van der Waals surface area contributed by atoms with E-state index >= 15 is 0 Å². The number of rotatable bonds is 3. The molecule has 1 aliphatic rings. The molecular formula is C10H15N3O2. The van der Waals surface area contributed by atoms with Gasteiger partial charge in [0, 0.05) is 19.0 Å². The normalized spacial score (nSPS) is 21.2. The first-order chi connectivity index (χ1) is 7.36. The van der Waals surface area contributed by atoms with Gasteiger partial charge in [0.2, 0.25) is 5.91 Å². The van der Waals surface area contributed by atoms with E-state index in [0.717, 1.165) is 25.1 Å². The predicted octanol–water partition coefficient (Wildman–Crippen LogP) is 0.595. The van der Waals surface area contributed by atoms with Crippen molar-refractivity contribution in [2.24, 2.45) is 0 Å². The SMILES string of the molecule is O=C(NCc1ncc[nH]1)C1CCCCO1. The number of imidazole rings is 1. The Hall–Kier alpha value is -1.36. The average Bonchev–Trinajstić information content (AvgIpc) is 2.80. The minimum Gasteiger partial charge on any atom is -0.368 e. The van der Waals surface area contributed by atoms with E-state index in [9.17, 15) is 4.79 Å². The van der Waals surface area contributed by atoms with E-state index in [0.29, 0.717) is 13.2 Å². The zero-order chi connectivity index (χ0) is 10.5. The standard InChI is InChI=1S/C10H15N3O2/c14-10(8-3-1-2-6-15-8)13-7-9-11-4-5-12-9/h4-5,8H,1-3,6-7H2,(H,11,12)(H,13,14). The molecule has 15 heavy (non-hydrogen) atoms. The third-order valence-corrected chi connectivity index (χ3v) is 2.46. The summed E-state index contributed by atoms with van der Waals surface area (Å²) in [6.07, 6.45) is 6.08. The Morgan fingerprint density at radius 1 is 1.67 bits per heavy atom. The van der Waals surface area contributed by atoms with E-state index in [1.165, 1.54) is 0 Å². The van der Waals surface area contributed by atoms with E-state index in [-0.39, 0.29) is 12.0 Å². The van der Waals surface area contributed by atoms with Gasteiger partial charge in [0.1, 0.15) is 11.9 Å². The fraction of sp³-hybridized carbons (Fsp3) is 0.600. The molecule has 0 spiro atoms. The molecule has 82 valence electrons. The number of carbonyl (C=O) groups is 1. The van der Waals surface area contributed by atoms with Crippen molar-refractivity contribution in [1.29, 1.82) is 0 Å². The van der Waals surface area contributed by atoms with Crippen LogP contribution in [0.3, 0.4) is 0 Å². The van der Waals surface area contributed by atoms with Crippen molar-refractivity contribution in [2.45, 2.75) is 31.9 Å². The summed E-state index contributed by atoms with van der Waals surface area (Å²) in [5, 5.41) is 2.80. The molecule has 0 aliphatic carbocycles. The van der Waals surface area contributed by atoms with Crippen molar-refractivity contribution in [2.75, 3.05) is 6.61 Å². The molecule has 2 rings (SSSR count). The topological polar surface area (TPSA) is 67.0 Å². The lowest BCUT2D eigenvalue weighted by Crippen LogP contribution is -2.38. The highest BCUT2D eigenvalue weighted by Gasteiger charge is 2.21. The predicted molar refractivity (Wildman–Crippen MR) is 54.0 cm³/mol. The van der Waals surface area contributed by atoms with Gasteiger partial charge in [-0.25, -0.2) is 4.98 Å². The van der Waals surface area contributed by atoms with Crippen molar-refractivity contribution in [1.82, 2.24) is 15.3 Å². The Morgan fingerprint density at radius 3 is 3.27 bits per heavy atom. The number of H-pyrrole nitrogens is 1. The van der Waals surface area contributed by atoms with Crippen LogP contribution in [0, 0.1) is 0 Å². The van der Waals surface area contributed by atoms with E-state index in [2.05, 4.69) is 15.3 Å². The number of nitrogens with one attached hydrogen (secondary N) is 2. The zero-order valence-corrected chi connectivity index (χ0v) is 8.53. The molecule has 1 unspecified atom stereocenters. The molecule has 1 aromatic heterocycles. The van der Waals surface area contributed by atoms with E-state index in [1.54, 1.807) is 12.4 Å². The first-order valence-electron chi connectivity index (χ1n) is 5.24. The number of carbonyl (C=O) groups excluding carboxylic acids is 1. The smallest absolute Gasteiger partial charge is 0.249 e. The second-order valence-corrected chi connectivity index (χ2v) is 3.61. The van der Waals surface area contributed by atoms with E-state index < -0.39 is 0 Å². The fourth-order valence-corrected chi connectivity index (χ4v) is 1.63. The van der Waals surface area contributed by atoms with Gasteiger partial charge in [0.15, 0.2) is 0 Å². The molecule has 5 heteroatoms. The lowest BCUT2D eigenvalue weighted by Gasteiger charge is -2.21. The molecule has 0 radical (unpaired) electrons. The fourth-order valence-electron chi connectivity index (χ4n) is 1.63. The Balaban J connectivity index is 1.76. The number of aromatic amines is 1. The van der Waals surface area contributed by atoms with Gasteiger partial charge in [0.05, 0.1) is 6.54 Å². The van der Waals surface area contributed by atoms with Crippen LogP contribution >= 0.6 is 0 Å². The monoisotopic (exact) mass is 209 g/mol. The second kappa shape index (κ2) is 4.93. The summed E-state index contributed by atoms with van der Waals surface area (Å²) in [4.78, 5) is 18.6. The number of aromatic nitrogens is 2. The molecule has 1 saturated heterocycles. The number of hydrogen-bond donors (Lipinski definition) is 2. The highest BCUT2D eigenvalue weighted by atomic mass is 16.5. The van der Waals surface area contributed by atoms with Crippen molar-refractivity contribution in [3.05, 3.63) is 18.2 Å². The summed E-state index contributed by atoms with van der Waals surface area (Å²) in [6.45, 7) is 1.13. The molecule has 0 aromatic carbocycles. The Labute approximate surface area is 88.2 Å². The van der Waals surface area contributed by atoms with Gasteiger partial charge in [-0.15, -0.1) is 0 Å². The third kappa shape index (κ3) is 2.79. The molecule has 1 fully saturated rings. The minimum absolute atomic E-state index is 0.0360. The van der Waals surface area contributed by atoms with Gasteiger partial charge in [-0.3, -0.25) is 4.79 Å². The lowest BCUT2D eigenvalue weighted by molar-refractivity contribution is -0.135. The van der Waals surface area contributed by atoms with Crippen molar-refractivity contribution in [3.8, 4) is 0 Å². The van der Waals surface area contributed by atoms with Crippen LogP contribution in [0.25, 0.3) is 0 Å². The zero-order valence-electron chi connectivity index (χ0n) is 8.53. The van der Waals surface area contributed by atoms with Crippen molar-refractivity contribution >= 4 is 5.91 Å². The third-order valence-electron chi connectivity index (χ3n) is 2.46. The first-order valence-corrected chi connectivity index (χ1v) is 5.24. The minimum atomic E-state index is -0.270. The Bertz CT molecular complexity index is 304. The van der Waals surface area contributed by atoms with Crippen LogP contribution in [0.4, 0.5) is 0 Å². The molecular weight excluding hydrogens is 194 g/mol. The highest BCUT2D eigenvalue weighted by Crippen LogP contribution is 2.12. The largest absolute Gasteiger partial charge is 0.368 e. The van der Waals surface area contributed by atoms with Gasteiger partial charge < -0.3 is 15.0 Å². The van der Waals surface area contributed by atoms with Gasteiger partial charge in [-0.2, -0.15) is 0 Å². The van der Waals surface area contributed by atoms with Crippen molar-refractivity contribution < 1.29 is 9.53 Å². The van der Waals surface area contributed by atoms with Crippen LogP contribution in [0.5, 0.6) is 0 Å². The summed E-state index contributed by atoms with van der Waals surface area (Å²) < 4.78 is 5.37. The van der Waals surface area contributed by atoms with Gasteiger partial charge in [-0.05, 0) is 19.3 Å². The van der Waals surface area contributed by atoms with E-state index in [4.69, 9.17) is 4.74 Å². The Morgan fingerprint density at radius 2 is 2.60 bits per heavy atom. The molecule has 2 heterocycles. The first kappa shape index (κ1) is 10.2. The average molecular weight is 209 g/mol. The maximum Gasteiger partial charge on any atom is 0.249 e. The van der Waals surface area contributed by atoms with Crippen LogP contribution < -0.4 is 5.32 Å². The van der Waals surface area contributed by atoms with Crippen molar-refractivity contribution in [3.63, 3.8) is 0 Å². The molecule has 0 saturated carbocycles. The van der Waals surface area contributed by atoms with Crippen LogP contribution in [-0.4, -0.2) is 28.6 Å².